The van der Waals surface area contributed by atoms with E-state index in [0.717, 1.165) is 28.2 Å². The Morgan fingerprint density at radius 1 is 1.05 bits per heavy atom. The van der Waals surface area contributed by atoms with Crippen molar-refractivity contribution in [1.82, 2.24) is 9.13 Å². The number of aromatic nitrogens is 2. The highest BCUT2D eigenvalue weighted by Gasteiger charge is 2.33. The summed E-state index contributed by atoms with van der Waals surface area (Å²) < 4.78 is 9.85. The van der Waals surface area contributed by atoms with Crippen molar-refractivity contribution < 1.29 is 9.53 Å². The maximum Gasteiger partial charge on any atom is 0.338 e. The molecule has 40 heavy (non-hydrogen) atoms. The van der Waals surface area contributed by atoms with Gasteiger partial charge in [0.2, 0.25) is 0 Å². The zero-order valence-corrected chi connectivity index (χ0v) is 24.9. The Morgan fingerprint density at radius 2 is 1.73 bits per heavy atom. The number of fused-ring (bicyclic) bond motifs is 1. The molecule has 0 N–H and O–H groups in total. The predicted octanol–water partition coefficient (Wildman–Crippen LogP) is 5.64. The maximum absolute atomic E-state index is 14.0. The van der Waals surface area contributed by atoms with Crippen LogP contribution >= 0.6 is 11.3 Å². The van der Waals surface area contributed by atoms with E-state index in [1.54, 1.807) is 11.5 Å². The van der Waals surface area contributed by atoms with Crippen LogP contribution in [-0.4, -0.2) is 21.7 Å². The van der Waals surface area contributed by atoms with Gasteiger partial charge in [0.1, 0.15) is 0 Å². The molecule has 5 rings (SSSR count). The first kappa shape index (κ1) is 27.6. The summed E-state index contributed by atoms with van der Waals surface area (Å²) in [5.74, 6) is -0.0747. The van der Waals surface area contributed by atoms with Gasteiger partial charge in [-0.1, -0.05) is 67.1 Å². The van der Waals surface area contributed by atoms with Crippen molar-refractivity contribution in [3.05, 3.63) is 119 Å². The third-order valence-electron chi connectivity index (χ3n) is 7.48. The van der Waals surface area contributed by atoms with Crippen LogP contribution in [0.4, 0.5) is 0 Å². The van der Waals surface area contributed by atoms with Gasteiger partial charge in [0.05, 0.1) is 28.5 Å². The Labute approximate surface area is 238 Å². The minimum atomic E-state index is -0.612. The summed E-state index contributed by atoms with van der Waals surface area (Å²) in [6.45, 7) is 14.3. The molecule has 0 radical (unpaired) electrons. The molecule has 0 amide bonds. The van der Waals surface area contributed by atoms with Crippen molar-refractivity contribution >= 4 is 23.4 Å². The lowest BCUT2D eigenvalue weighted by molar-refractivity contribution is -0.139. The topological polar surface area (TPSA) is 65.6 Å². The molecule has 3 heterocycles. The fraction of sp³-hybridized carbons (Fsp3) is 0.303. The molecule has 0 saturated carbocycles. The third-order valence-corrected chi connectivity index (χ3v) is 8.47. The van der Waals surface area contributed by atoms with Crippen molar-refractivity contribution in [1.29, 1.82) is 0 Å². The van der Waals surface area contributed by atoms with Gasteiger partial charge in [0.15, 0.2) is 4.80 Å². The zero-order chi connectivity index (χ0) is 28.7. The Hall–Kier alpha value is -3.97. The van der Waals surface area contributed by atoms with Gasteiger partial charge in [-0.3, -0.25) is 9.36 Å². The molecule has 4 aromatic rings. The Bertz CT molecular complexity index is 1800. The van der Waals surface area contributed by atoms with E-state index in [1.807, 2.05) is 25.1 Å². The molecular weight excluding hydrogens is 518 g/mol. The summed E-state index contributed by atoms with van der Waals surface area (Å²) in [5.41, 5.74) is 8.25. The Morgan fingerprint density at radius 3 is 2.35 bits per heavy atom. The highest BCUT2D eigenvalue weighted by molar-refractivity contribution is 7.07. The van der Waals surface area contributed by atoms with Gasteiger partial charge in [-0.05, 0) is 81.5 Å². The monoisotopic (exact) mass is 553 g/mol. The molecule has 1 atom stereocenters. The van der Waals surface area contributed by atoms with Crippen molar-refractivity contribution in [2.75, 3.05) is 6.61 Å². The van der Waals surface area contributed by atoms with Crippen LogP contribution in [0.2, 0.25) is 0 Å². The predicted molar refractivity (Wildman–Crippen MR) is 161 cm³/mol. The van der Waals surface area contributed by atoms with Gasteiger partial charge in [0, 0.05) is 17.1 Å². The van der Waals surface area contributed by atoms with Crippen LogP contribution in [0.25, 0.3) is 11.8 Å². The summed E-state index contributed by atoms with van der Waals surface area (Å²) in [5, 5.41) is 0. The number of carbonyl (C=O) groups excluding carboxylic acids is 1. The van der Waals surface area contributed by atoms with Gasteiger partial charge < -0.3 is 9.30 Å². The van der Waals surface area contributed by atoms with Crippen molar-refractivity contribution in [2.45, 2.75) is 60.4 Å². The summed E-state index contributed by atoms with van der Waals surface area (Å²) in [7, 11) is 0. The highest BCUT2D eigenvalue weighted by atomic mass is 32.1. The average Bonchev–Trinajstić information content (AvgIpc) is 3.38. The molecule has 2 aromatic carbocycles. The van der Waals surface area contributed by atoms with Crippen LogP contribution in [0.3, 0.4) is 0 Å². The summed E-state index contributed by atoms with van der Waals surface area (Å²) in [4.78, 5) is 32.5. The lowest BCUT2D eigenvalue weighted by atomic mass is 9.93. The van der Waals surface area contributed by atoms with E-state index < -0.39 is 12.0 Å². The van der Waals surface area contributed by atoms with Crippen LogP contribution < -0.4 is 14.9 Å². The van der Waals surface area contributed by atoms with Gasteiger partial charge in [-0.25, -0.2) is 9.79 Å². The first-order chi connectivity index (χ1) is 19.1. The third kappa shape index (κ3) is 4.90. The molecule has 6 nitrogen and oxygen atoms in total. The van der Waals surface area contributed by atoms with E-state index >= 15 is 0 Å². The molecule has 0 bridgehead atoms. The van der Waals surface area contributed by atoms with Gasteiger partial charge >= 0.3 is 5.97 Å². The average molecular weight is 554 g/mol. The van der Waals surface area contributed by atoms with Crippen molar-refractivity contribution in [3.8, 4) is 5.69 Å². The maximum atomic E-state index is 14.0. The standard InChI is InChI=1S/C33H35N3O3S/c1-8-39-32(38)29-22(6)34-33-36(30(29)25-13-11-24(12-14-25)19(2)3)31(37)28(40-33)18-26-17-21(5)35(23(26)7)27-15-9-20(4)10-16-27/h9-19,30H,8H2,1-7H3/t30-/m0/s1. The number of hydrogen-bond acceptors (Lipinski definition) is 5. The molecule has 0 aliphatic carbocycles. The quantitative estimate of drug-likeness (QED) is 0.291. The Kier molecular flexibility index (Phi) is 7.51. The van der Waals surface area contributed by atoms with Gasteiger partial charge in [-0.2, -0.15) is 0 Å². The summed E-state index contributed by atoms with van der Waals surface area (Å²) in [6, 6.07) is 18.0. The molecule has 1 aliphatic heterocycles. The van der Waals surface area contributed by atoms with Crippen LogP contribution in [0.1, 0.15) is 73.3 Å². The van der Waals surface area contributed by atoms with Crippen LogP contribution in [-0.2, 0) is 9.53 Å². The van der Waals surface area contributed by atoms with Gasteiger partial charge in [0.25, 0.3) is 5.56 Å². The fourth-order valence-electron chi connectivity index (χ4n) is 5.34. The number of hydrogen-bond donors (Lipinski definition) is 0. The number of nitrogens with zero attached hydrogens (tertiary/aromatic N) is 3. The minimum Gasteiger partial charge on any atom is -0.463 e. The highest BCUT2D eigenvalue weighted by Crippen LogP contribution is 2.31. The number of benzene rings is 2. The van der Waals surface area contributed by atoms with Gasteiger partial charge in [-0.15, -0.1) is 0 Å². The molecule has 7 heteroatoms. The van der Waals surface area contributed by atoms with Crippen LogP contribution in [0.5, 0.6) is 0 Å². The van der Waals surface area contributed by atoms with Crippen molar-refractivity contribution in [2.24, 2.45) is 4.99 Å². The smallest absolute Gasteiger partial charge is 0.338 e. The lowest BCUT2D eigenvalue weighted by Gasteiger charge is -2.25. The van der Waals surface area contributed by atoms with Crippen LogP contribution in [0.15, 0.2) is 75.7 Å². The first-order valence-corrected chi connectivity index (χ1v) is 14.5. The largest absolute Gasteiger partial charge is 0.463 e. The molecule has 206 valence electrons. The number of ether oxygens (including phenoxy) is 1. The molecule has 0 unspecified atom stereocenters. The lowest BCUT2D eigenvalue weighted by Crippen LogP contribution is -2.39. The first-order valence-electron chi connectivity index (χ1n) is 13.7. The molecule has 0 spiro atoms. The summed E-state index contributed by atoms with van der Waals surface area (Å²) in [6.07, 6.45) is 1.94. The molecule has 0 fully saturated rings. The SMILES string of the molecule is CCOC(=O)C1=C(C)N=c2sc(=Cc3cc(C)n(-c4ccc(C)cc4)c3C)c(=O)n2[C@H]1c1ccc(C(C)C)cc1. The normalized spacial score (nSPS) is 15.4. The van der Waals surface area contributed by atoms with Crippen molar-refractivity contribution in [3.63, 3.8) is 0 Å². The number of aryl methyl sites for hydroxylation is 2. The second-order valence-electron chi connectivity index (χ2n) is 10.6. The Balaban J connectivity index is 1.67. The van der Waals surface area contributed by atoms with E-state index in [9.17, 15) is 9.59 Å². The number of thiazole rings is 1. The van der Waals surface area contributed by atoms with Crippen LogP contribution in [0, 0.1) is 20.8 Å². The zero-order valence-electron chi connectivity index (χ0n) is 24.1. The van der Waals surface area contributed by atoms with E-state index in [-0.39, 0.29) is 12.2 Å². The van der Waals surface area contributed by atoms with E-state index in [4.69, 9.17) is 9.73 Å². The molecule has 1 aliphatic rings. The van der Waals surface area contributed by atoms with E-state index in [1.165, 1.54) is 22.5 Å². The molecule has 0 saturated heterocycles. The molecular formula is C33H35N3O3S. The number of allylic oxidation sites excluding steroid dienone is 1. The minimum absolute atomic E-state index is 0.170. The second kappa shape index (κ2) is 10.9. The fourth-order valence-corrected chi connectivity index (χ4v) is 6.37. The summed E-state index contributed by atoms with van der Waals surface area (Å²) >= 11 is 1.35. The second-order valence-corrected chi connectivity index (χ2v) is 11.6. The number of esters is 1. The molecule has 2 aromatic heterocycles. The van der Waals surface area contributed by atoms with E-state index in [2.05, 4.69) is 81.7 Å². The van der Waals surface area contributed by atoms with E-state index in [0.29, 0.717) is 26.5 Å². The number of carbonyl (C=O) groups is 1. The number of rotatable bonds is 6.